The second kappa shape index (κ2) is 6.78. The highest BCUT2D eigenvalue weighted by Crippen LogP contribution is 2.53. The number of esters is 1. The van der Waals surface area contributed by atoms with Crippen LogP contribution in [0.3, 0.4) is 0 Å². The summed E-state index contributed by atoms with van der Waals surface area (Å²) in [4.78, 5) is 12.5. The second-order valence-electron chi connectivity index (χ2n) is 6.40. The minimum Gasteiger partial charge on any atom is -0.504 e. The highest BCUT2D eigenvalue weighted by atomic mass is 16.5. The van der Waals surface area contributed by atoms with Crippen molar-refractivity contribution in [1.29, 1.82) is 0 Å². The van der Waals surface area contributed by atoms with Gasteiger partial charge in [0.15, 0.2) is 23.0 Å². The van der Waals surface area contributed by atoms with Crippen LogP contribution in [-0.4, -0.2) is 37.5 Å². The lowest BCUT2D eigenvalue weighted by Crippen LogP contribution is -2.23. The summed E-state index contributed by atoms with van der Waals surface area (Å²) in [7, 11) is 4.32. The lowest BCUT2D eigenvalue weighted by atomic mass is 9.83. The Morgan fingerprint density at radius 2 is 1.58 bits per heavy atom. The van der Waals surface area contributed by atoms with Gasteiger partial charge < -0.3 is 24.4 Å². The average molecular weight is 358 g/mol. The molecule has 0 aliphatic heterocycles. The Morgan fingerprint density at radius 1 is 0.923 bits per heavy atom. The Kier molecular flexibility index (Phi) is 4.68. The summed E-state index contributed by atoms with van der Waals surface area (Å²) in [5, 5.41) is 20.1. The van der Waals surface area contributed by atoms with E-state index >= 15 is 0 Å². The first-order chi connectivity index (χ1) is 12.4. The lowest BCUT2D eigenvalue weighted by Gasteiger charge is -2.22. The van der Waals surface area contributed by atoms with E-state index in [9.17, 15) is 15.0 Å². The Labute approximate surface area is 151 Å². The topological polar surface area (TPSA) is 85.2 Å². The van der Waals surface area contributed by atoms with Crippen molar-refractivity contribution >= 4 is 5.97 Å². The molecular weight excluding hydrogens is 336 g/mol. The van der Waals surface area contributed by atoms with E-state index in [4.69, 9.17) is 14.2 Å². The smallest absolute Gasteiger partial charge is 0.310 e. The van der Waals surface area contributed by atoms with E-state index in [0.29, 0.717) is 11.5 Å². The van der Waals surface area contributed by atoms with Gasteiger partial charge in [0, 0.05) is 5.92 Å². The van der Waals surface area contributed by atoms with Crippen LogP contribution in [0.2, 0.25) is 0 Å². The molecule has 1 aliphatic carbocycles. The fourth-order valence-corrected chi connectivity index (χ4v) is 3.85. The molecule has 2 aromatic rings. The lowest BCUT2D eigenvalue weighted by molar-refractivity contribution is -0.146. The first-order valence-electron chi connectivity index (χ1n) is 8.28. The van der Waals surface area contributed by atoms with E-state index in [2.05, 4.69) is 0 Å². The summed E-state index contributed by atoms with van der Waals surface area (Å²) < 4.78 is 15.5. The Balaban J connectivity index is 2.21. The first kappa shape index (κ1) is 17.9. The SMILES string of the molecule is COC(=O)[C@H]1[C@H](c2ccc(O)c(OC)c2)c2cc(O)c(OC)cc2[C@H]1C. The van der Waals surface area contributed by atoms with Crippen molar-refractivity contribution in [3.63, 3.8) is 0 Å². The standard InChI is InChI=1S/C20H22O6/c1-10-12-9-17(25-3)15(22)8-13(12)19(18(10)20(23)26-4)11-5-6-14(21)16(7-11)24-2/h5-10,18-19,21-22H,1-4H3/t10-,18-,19-/m1/s1. The van der Waals surface area contributed by atoms with Gasteiger partial charge >= 0.3 is 5.97 Å². The molecule has 138 valence electrons. The van der Waals surface area contributed by atoms with Gasteiger partial charge in [0.1, 0.15) is 0 Å². The molecular formula is C20H22O6. The van der Waals surface area contributed by atoms with Crippen LogP contribution in [0.4, 0.5) is 0 Å². The van der Waals surface area contributed by atoms with Gasteiger partial charge in [0.25, 0.3) is 0 Å². The summed E-state index contributed by atoms with van der Waals surface area (Å²) in [5.41, 5.74) is 2.55. The molecule has 1 aliphatic rings. The molecule has 0 aromatic heterocycles. The number of carbonyl (C=O) groups excluding carboxylic acids is 1. The zero-order chi connectivity index (χ0) is 19.0. The van der Waals surface area contributed by atoms with E-state index < -0.39 is 5.92 Å². The van der Waals surface area contributed by atoms with Gasteiger partial charge in [-0.1, -0.05) is 13.0 Å². The van der Waals surface area contributed by atoms with Gasteiger partial charge in [-0.05, 0) is 46.9 Å². The predicted octanol–water partition coefficient (Wildman–Crippen LogP) is 3.15. The highest BCUT2D eigenvalue weighted by Gasteiger charge is 2.45. The molecule has 0 bridgehead atoms. The third-order valence-electron chi connectivity index (χ3n) is 5.14. The van der Waals surface area contributed by atoms with Crippen molar-refractivity contribution in [2.75, 3.05) is 21.3 Å². The fraction of sp³-hybridized carbons (Fsp3) is 0.350. The monoisotopic (exact) mass is 358 g/mol. The van der Waals surface area contributed by atoms with Crippen molar-refractivity contribution in [2.45, 2.75) is 18.8 Å². The number of hydrogen-bond donors (Lipinski definition) is 2. The van der Waals surface area contributed by atoms with Crippen LogP contribution in [0.25, 0.3) is 0 Å². The van der Waals surface area contributed by atoms with Crippen molar-refractivity contribution in [3.05, 3.63) is 47.0 Å². The van der Waals surface area contributed by atoms with Crippen LogP contribution < -0.4 is 9.47 Å². The van der Waals surface area contributed by atoms with Crippen LogP contribution in [0, 0.1) is 5.92 Å². The molecule has 3 rings (SSSR count). The molecule has 0 amide bonds. The number of rotatable bonds is 4. The minimum atomic E-state index is -0.462. The second-order valence-corrected chi connectivity index (χ2v) is 6.40. The molecule has 0 unspecified atom stereocenters. The normalized spacial score (nSPS) is 21.2. The average Bonchev–Trinajstić information content (AvgIpc) is 2.92. The maximum Gasteiger partial charge on any atom is 0.310 e. The van der Waals surface area contributed by atoms with Gasteiger partial charge in [-0.25, -0.2) is 0 Å². The Bertz CT molecular complexity index is 844. The van der Waals surface area contributed by atoms with Crippen LogP contribution in [0.1, 0.15) is 35.4 Å². The molecule has 6 nitrogen and oxygen atoms in total. The number of ether oxygens (including phenoxy) is 3. The van der Waals surface area contributed by atoms with Crippen LogP contribution in [-0.2, 0) is 9.53 Å². The minimum absolute atomic E-state index is 0.0136. The van der Waals surface area contributed by atoms with Crippen LogP contribution >= 0.6 is 0 Å². The maximum absolute atomic E-state index is 12.5. The molecule has 0 saturated carbocycles. The van der Waals surface area contributed by atoms with Crippen LogP contribution in [0.5, 0.6) is 23.0 Å². The van der Waals surface area contributed by atoms with E-state index in [1.165, 1.54) is 27.4 Å². The van der Waals surface area contributed by atoms with E-state index in [1.807, 2.05) is 6.92 Å². The molecule has 0 spiro atoms. The Hall–Kier alpha value is -2.89. The fourth-order valence-electron chi connectivity index (χ4n) is 3.85. The van der Waals surface area contributed by atoms with Crippen molar-refractivity contribution in [1.82, 2.24) is 0 Å². The molecule has 0 radical (unpaired) electrons. The summed E-state index contributed by atoms with van der Waals surface area (Å²) in [6.45, 7) is 1.95. The summed E-state index contributed by atoms with van der Waals surface area (Å²) >= 11 is 0. The van der Waals surface area contributed by atoms with Crippen molar-refractivity contribution in [3.8, 4) is 23.0 Å². The van der Waals surface area contributed by atoms with E-state index in [-0.39, 0.29) is 29.3 Å². The molecule has 0 saturated heterocycles. The van der Waals surface area contributed by atoms with Gasteiger partial charge in [-0.3, -0.25) is 4.79 Å². The van der Waals surface area contributed by atoms with Gasteiger partial charge in [0.05, 0.1) is 27.2 Å². The molecule has 6 heteroatoms. The molecule has 2 aromatic carbocycles. The largest absolute Gasteiger partial charge is 0.504 e. The molecule has 26 heavy (non-hydrogen) atoms. The third-order valence-corrected chi connectivity index (χ3v) is 5.14. The maximum atomic E-state index is 12.5. The molecule has 2 N–H and O–H groups in total. The first-order valence-corrected chi connectivity index (χ1v) is 8.28. The summed E-state index contributed by atoms with van der Waals surface area (Å²) in [5.74, 6) is -0.530. The zero-order valence-corrected chi connectivity index (χ0v) is 15.1. The number of fused-ring (bicyclic) bond motifs is 1. The van der Waals surface area contributed by atoms with Crippen LogP contribution in [0.15, 0.2) is 30.3 Å². The van der Waals surface area contributed by atoms with Gasteiger partial charge in [-0.15, -0.1) is 0 Å². The summed E-state index contributed by atoms with van der Waals surface area (Å²) in [6.07, 6.45) is 0. The Morgan fingerprint density at radius 3 is 2.19 bits per heavy atom. The van der Waals surface area contributed by atoms with Crippen molar-refractivity contribution < 1.29 is 29.2 Å². The number of benzene rings is 2. The number of phenolic OH excluding ortho intramolecular Hbond substituents is 2. The predicted molar refractivity (Wildman–Crippen MR) is 95.1 cm³/mol. The quantitative estimate of drug-likeness (QED) is 0.817. The molecule has 0 fully saturated rings. The van der Waals surface area contributed by atoms with Gasteiger partial charge in [-0.2, -0.15) is 0 Å². The number of hydrogen-bond acceptors (Lipinski definition) is 6. The van der Waals surface area contributed by atoms with E-state index in [1.54, 1.807) is 24.3 Å². The molecule has 0 heterocycles. The molecule has 3 atom stereocenters. The van der Waals surface area contributed by atoms with Crippen molar-refractivity contribution in [2.24, 2.45) is 5.92 Å². The number of phenols is 2. The number of aromatic hydroxyl groups is 2. The summed E-state index contributed by atoms with van der Waals surface area (Å²) in [6, 6.07) is 8.40. The highest BCUT2D eigenvalue weighted by molar-refractivity contribution is 5.78. The third kappa shape index (κ3) is 2.71. The number of methoxy groups -OCH3 is 3. The van der Waals surface area contributed by atoms with E-state index in [0.717, 1.165) is 16.7 Å². The van der Waals surface area contributed by atoms with Gasteiger partial charge in [0.2, 0.25) is 0 Å². The zero-order valence-electron chi connectivity index (χ0n) is 15.1. The number of carbonyl (C=O) groups is 1.